The van der Waals surface area contributed by atoms with Gasteiger partial charge in [-0.25, -0.2) is 0 Å². The molecule has 0 radical (unpaired) electrons. The van der Waals surface area contributed by atoms with Gasteiger partial charge >= 0.3 is 273 Å². The molecular formula is C24H23FeK2P2. The summed E-state index contributed by atoms with van der Waals surface area (Å²) in [7, 11) is 0. The van der Waals surface area contributed by atoms with Gasteiger partial charge in [-0.2, -0.15) is 0 Å². The first kappa shape index (κ1) is 26.8. The SMILES string of the molecule is [H-].[H-].[H-].[K+].[K+].c1ccc([P]([Fe+][P](c2ccccc2)c2ccccc2)c2ccccc2)cc1. The van der Waals surface area contributed by atoms with E-state index in [1.54, 1.807) is 0 Å². The van der Waals surface area contributed by atoms with Crippen LogP contribution in [0, 0.1) is 0 Å². The van der Waals surface area contributed by atoms with Crippen molar-refractivity contribution in [2.24, 2.45) is 0 Å². The Bertz CT molecular complexity index is 809. The predicted octanol–water partition coefficient (Wildman–Crippen LogP) is -0.490. The van der Waals surface area contributed by atoms with Gasteiger partial charge in [-0.3, -0.25) is 0 Å². The van der Waals surface area contributed by atoms with Crippen LogP contribution in [0.25, 0.3) is 0 Å². The van der Waals surface area contributed by atoms with Gasteiger partial charge in [-0.1, -0.05) is 0 Å². The van der Waals surface area contributed by atoms with Crippen molar-refractivity contribution in [1.29, 1.82) is 0 Å². The third kappa shape index (κ3) is 7.81. The first-order chi connectivity index (χ1) is 13.4. The zero-order valence-corrected chi connectivity index (χ0v) is 25.9. The van der Waals surface area contributed by atoms with Crippen molar-refractivity contribution in [2.45, 2.75) is 0 Å². The normalized spacial score (nSPS) is 10.3. The molecule has 0 fully saturated rings. The minimum atomic E-state index is -0.409. The van der Waals surface area contributed by atoms with E-state index in [9.17, 15) is 0 Å². The third-order valence-corrected chi connectivity index (χ3v) is 15.5. The van der Waals surface area contributed by atoms with Gasteiger partial charge in [0.1, 0.15) is 0 Å². The Morgan fingerprint density at radius 3 is 0.793 bits per heavy atom. The van der Waals surface area contributed by atoms with E-state index in [4.69, 9.17) is 0 Å². The molecule has 0 N–H and O–H groups in total. The summed E-state index contributed by atoms with van der Waals surface area (Å²) < 4.78 is 0. The maximum atomic E-state index is 2.29. The average molecular weight is 507 g/mol. The predicted molar refractivity (Wildman–Crippen MR) is 121 cm³/mol. The van der Waals surface area contributed by atoms with Crippen LogP contribution in [0.2, 0.25) is 0 Å². The Morgan fingerprint density at radius 2 is 0.586 bits per heavy atom. The second-order valence-corrected chi connectivity index (χ2v) is 14.6. The van der Waals surface area contributed by atoms with Gasteiger partial charge < -0.3 is 4.28 Å². The maximum absolute atomic E-state index is 2.29. The minimum absolute atomic E-state index is 0. The Morgan fingerprint density at radius 1 is 0.379 bits per heavy atom. The van der Waals surface area contributed by atoms with Crippen LogP contribution in [-0.2, 0) is 14.1 Å². The molecule has 0 saturated heterocycles. The van der Waals surface area contributed by atoms with Crippen LogP contribution in [0.15, 0.2) is 121 Å². The summed E-state index contributed by atoms with van der Waals surface area (Å²) >= 11 is 1.17. The molecule has 139 valence electrons. The fourth-order valence-corrected chi connectivity index (χ4v) is 15.5. The summed E-state index contributed by atoms with van der Waals surface area (Å²) in [5.41, 5.74) is 0. The standard InChI is InChI=1S/2C12H10P.Fe.2K.3H/c2*1-3-7-11(8-4-1)13-12-9-5-2-6-10-12;;;;;;/h2*1-10H;;;;;;/q2*-1;+3;2*+1;3*-1. The van der Waals surface area contributed by atoms with Gasteiger partial charge in [0.25, 0.3) is 0 Å². The molecule has 0 heterocycles. The molecule has 0 spiro atoms. The van der Waals surface area contributed by atoms with Crippen molar-refractivity contribution >= 4 is 34.4 Å². The molecule has 0 saturated carbocycles. The van der Waals surface area contributed by atoms with Gasteiger partial charge in [-0.05, 0) is 0 Å². The number of hydrogen-bond donors (Lipinski definition) is 0. The number of rotatable bonds is 6. The first-order valence-electron chi connectivity index (χ1n) is 8.85. The molecule has 0 aliphatic carbocycles. The Labute approximate surface area is 271 Å². The molecule has 0 bridgehead atoms. The van der Waals surface area contributed by atoms with Crippen LogP contribution in [0.3, 0.4) is 0 Å². The summed E-state index contributed by atoms with van der Waals surface area (Å²) in [4.78, 5) is 0. The quantitative estimate of drug-likeness (QED) is 0.244. The third-order valence-electron chi connectivity index (χ3n) is 4.05. The molecule has 0 unspecified atom stereocenters. The van der Waals surface area contributed by atoms with Crippen LogP contribution in [0.1, 0.15) is 4.28 Å². The van der Waals surface area contributed by atoms with Crippen LogP contribution < -0.4 is 124 Å². The molecule has 0 nitrogen and oxygen atoms in total. The number of hydrogen-bond acceptors (Lipinski definition) is 0. The zero-order valence-electron chi connectivity index (χ0n) is 19.8. The zero-order chi connectivity index (χ0) is 18.3. The Kier molecular flexibility index (Phi) is 13.5. The fraction of sp³-hybridized carbons (Fsp3) is 0. The molecular weight excluding hydrogens is 484 g/mol. The van der Waals surface area contributed by atoms with Gasteiger partial charge in [0.15, 0.2) is 0 Å². The topological polar surface area (TPSA) is 0 Å². The molecule has 5 heteroatoms. The van der Waals surface area contributed by atoms with Crippen molar-refractivity contribution in [3.8, 4) is 0 Å². The van der Waals surface area contributed by atoms with E-state index in [2.05, 4.69) is 121 Å². The molecule has 0 aromatic heterocycles. The second kappa shape index (κ2) is 14.6. The van der Waals surface area contributed by atoms with E-state index in [1.165, 1.54) is 35.3 Å². The molecule has 0 atom stereocenters. The van der Waals surface area contributed by atoms with E-state index in [0.29, 0.717) is 0 Å². The molecule has 4 aromatic rings. The Hall–Kier alpha value is 1.53. The van der Waals surface area contributed by atoms with E-state index in [-0.39, 0.29) is 107 Å². The van der Waals surface area contributed by atoms with E-state index >= 15 is 0 Å². The summed E-state index contributed by atoms with van der Waals surface area (Å²) in [5.74, 6) is 0. The molecule has 0 amide bonds. The molecule has 4 rings (SSSR count). The van der Waals surface area contributed by atoms with Crippen LogP contribution in [0.4, 0.5) is 0 Å². The molecule has 4 aromatic carbocycles. The monoisotopic (exact) mass is 507 g/mol. The molecule has 0 aliphatic heterocycles. The molecule has 29 heavy (non-hydrogen) atoms. The van der Waals surface area contributed by atoms with E-state index < -0.39 is 13.2 Å². The number of benzene rings is 4. The summed E-state index contributed by atoms with van der Waals surface area (Å²) in [6.07, 6.45) is 0. The summed E-state index contributed by atoms with van der Waals surface area (Å²) in [6, 6.07) is 44.1. The molecule has 0 aliphatic rings. The van der Waals surface area contributed by atoms with E-state index in [1.807, 2.05) is 0 Å². The van der Waals surface area contributed by atoms with E-state index in [0.717, 1.165) is 0 Å². The van der Waals surface area contributed by atoms with Crippen LogP contribution >= 0.6 is 13.2 Å². The van der Waals surface area contributed by atoms with Crippen molar-refractivity contribution in [3.05, 3.63) is 121 Å². The average Bonchev–Trinajstić information content (AvgIpc) is 2.77. The van der Waals surface area contributed by atoms with Crippen LogP contribution in [0.5, 0.6) is 0 Å². The summed E-state index contributed by atoms with van der Waals surface area (Å²) in [6.45, 7) is -0.817. The second-order valence-electron chi connectivity index (χ2n) is 5.95. The van der Waals surface area contributed by atoms with Crippen LogP contribution in [-0.4, -0.2) is 0 Å². The van der Waals surface area contributed by atoms with Crippen molar-refractivity contribution in [3.63, 3.8) is 0 Å². The van der Waals surface area contributed by atoms with Gasteiger partial charge in [0.2, 0.25) is 0 Å². The van der Waals surface area contributed by atoms with Gasteiger partial charge in [-0.15, -0.1) is 0 Å². The van der Waals surface area contributed by atoms with Gasteiger partial charge in [0, 0.05) is 0 Å². The van der Waals surface area contributed by atoms with Crippen molar-refractivity contribution in [1.82, 2.24) is 0 Å². The Balaban J connectivity index is 0. The first-order valence-corrected chi connectivity index (χ1v) is 14.2. The van der Waals surface area contributed by atoms with Crippen molar-refractivity contribution in [2.75, 3.05) is 0 Å². The fourth-order valence-electron chi connectivity index (χ4n) is 2.75. The van der Waals surface area contributed by atoms with Crippen molar-refractivity contribution < 1.29 is 121 Å². The summed E-state index contributed by atoms with van der Waals surface area (Å²) in [5, 5.41) is 5.83. The van der Waals surface area contributed by atoms with Gasteiger partial charge in [0.05, 0.1) is 0 Å².